The number of carbonyl (C=O) groups excluding carboxylic acids is 1. The summed E-state index contributed by atoms with van der Waals surface area (Å²) in [6, 6.07) is 6.22. The molecule has 2 aliphatic rings. The molecule has 2 fully saturated rings. The van der Waals surface area contributed by atoms with E-state index in [4.69, 9.17) is 4.74 Å². The number of benzene rings is 1. The van der Waals surface area contributed by atoms with Crippen LogP contribution in [0, 0.1) is 18.3 Å². The number of ether oxygens (including phenoxy) is 1. The van der Waals surface area contributed by atoms with Crippen LogP contribution in [0.15, 0.2) is 18.2 Å². The summed E-state index contributed by atoms with van der Waals surface area (Å²) in [7, 11) is 0. The van der Waals surface area contributed by atoms with E-state index in [0.717, 1.165) is 50.1 Å². The Labute approximate surface area is 157 Å². The van der Waals surface area contributed by atoms with Crippen molar-refractivity contribution in [3.63, 3.8) is 0 Å². The van der Waals surface area contributed by atoms with E-state index < -0.39 is 0 Å². The smallest absolute Gasteiger partial charge is 0.223 e. The minimum atomic E-state index is 0. The zero-order valence-electron chi connectivity index (χ0n) is 15.6. The maximum absolute atomic E-state index is 12.5. The number of piperidine rings is 1. The Kier molecular flexibility index (Phi) is 6.75. The molecule has 3 rings (SSSR count). The lowest BCUT2D eigenvalue weighted by Gasteiger charge is -2.23. The van der Waals surface area contributed by atoms with E-state index in [1.54, 1.807) is 0 Å². The number of carbonyl (C=O) groups is 1. The summed E-state index contributed by atoms with van der Waals surface area (Å²) in [5.74, 6) is 1.33. The normalized spacial score (nSPS) is 22.0. The minimum Gasteiger partial charge on any atom is -0.490 e. The average Bonchev–Trinajstić information content (AvgIpc) is 3.27. The van der Waals surface area contributed by atoms with Crippen molar-refractivity contribution < 1.29 is 9.53 Å². The fourth-order valence-corrected chi connectivity index (χ4v) is 3.72. The first kappa shape index (κ1) is 20.1. The maximum Gasteiger partial charge on any atom is 0.223 e. The van der Waals surface area contributed by atoms with Gasteiger partial charge in [0.25, 0.3) is 0 Å². The molecule has 140 valence electrons. The second kappa shape index (κ2) is 8.41. The third-order valence-corrected chi connectivity index (χ3v) is 5.68. The van der Waals surface area contributed by atoms with Gasteiger partial charge in [-0.2, -0.15) is 0 Å². The van der Waals surface area contributed by atoms with Crippen LogP contribution in [0.1, 0.15) is 50.7 Å². The molecule has 1 aliphatic carbocycles. The molecule has 1 aliphatic heterocycles. The highest BCUT2D eigenvalue weighted by Crippen LogP contribution is 2.58. The molecule has 1 aromatic rings. The molecule has 1 aromatic carbocycles. The maximum atomic E-state index is 12.5. The molecule has 1 saturated carbocycles. The van der Waals surface area contributed by atoms with Gasteiger partial charge in [0.15, 0.2) is 0 Å². The third kappa shape index (κ3) is 4.68. The Balaban J connectivity index is 0.00000225. The topological polar surface area (TPSA) is 50.4 Å². The highest BCUT2D eigenvalue weighted by molar-refractivity contribution is 5.85. The quantitative estimate of drug-likeness (QED) is 0.808. The molecule has 1 heterocycles. The number of halogens is 1. The van der Waals surface area contributed by atoms with Crippen LogP contribution in [0.25, 0.3) is 0 Å². The number of hydrogen-bond acceptors (Lipinski definition) is 3. The van der Waals surface area contributed by atoms with Crippen LogP contribution in [-0.2, 0) is 11.3 Å². The predicted molar refractivity (Wildman–Crippen MR) is 103 cm³/mol. The van der Waals surface area contributed by atoms with Crippen molar-refractivity contribution in [1.82, 2.24) is 10.6 Å². The standard InChI is InChI=1S/C20H30N2O2.ClH/c1-4-15(3)24-18-11-14(2)5-6-16(18)13-22-19(23)17-12-20(17)7-9-21-10-8-20;/h5-6,11,15,17,21H,4,7-10,12-13H2,1-3H3,(H,22,23);1H. The van der Waals surface area contributed by atoms with Gasteiger partial charge in [-0.1, -0.05) is 19.1 Å². The van der Waals surface area contributed by atoms with Crippen molar-refractivity contribution in [1.29, 1.82) is 0 Å². The van der Waals surface area contributed by atoms with E-state index in [0.29, 0.717) is 12.0 Å². The molecule has 0 radical (unpaired) electrons. The highest BCUT2D eigenvalue weighted by Gasteiger charge is 2.57. The van der Waals surface area contributed by atoms with Crippen molar-refractivity contribution in [2.75, 3.05) is 13.1 Å². The first-order valence-corrected chi connectivity index (χ1v) is 9.29. The van der Waals surface area contributed by atoms with Crippen molar-refractivity contribution in [3.05, 3.63) is 29.3 Å². The Morgan fingerprint density at radius 1 is 1.40 bits per heavy atom. The summed E-state index contributed by atoms with van der Waals surface area (Å²) in [6.45, 7) is 8.92. The SMILES string of the molecule is CCC(C)Oc1cc(C)ccc1CNC(=O)C1CC12CCNCC2.Cl. The predicted octanol–water partition coefficient (Wildman–Crippen LogP) is 3.60. The van der Waals surface area contributed by atoms with Crippen LogP contribution in [0.3, 0.4) is 0 Å². The summed E-state index contributed by atoms with van der Waals surface area (Å²) < 4.78 is 6.03. The summed E-state index contributed by atoms with van der Waals surface area (Å²) in [5.41, 5.74) is 2.53. The largest absolute Gasteiger partial charge is 0.490 e. The van der Waals surface area contributed by atoms with Crippen molar-refractivity contribution in [2.45, 2.75) is 59.1 Å². The van der Waals surface area contributed by atoms with Crippen LogP contribution in [0.5, 0.6) is 5.75 Å². The molecule has 25 heavy (non-hydrogen) atoms. The van der Waals surface area contributed by atoms with Gasteiger partial charge in [-0.25, -0.2) is 0 Å². The molecule has 5 heteroatoms. The fraction of sp³-hybridized carbons (Fsp3) is 0.650. The Bertz CT molecular complexity index is 599. The van der Waals surface area contributed by atoms with Crippen LogP contribution >= 0.6 is 12.4 Å². The van der Waals surface area contributed by atoms with Crippen LogP contribution < -0.4 is 15.4 Å². The molecule has 2 unspecified atom stereocenters. The van der Waals surface area contributed by atoms with Crippen LogP contribution in [0.2, 0.25) is 0 Å². The zero-order chi connectivity index (χ0) is 17.2. The third-order valence-electron chi connectivity index (χ3n) is 5.68. The number of aryl methyl sites for hydroxylation is 1. The molecule has 1 amide bonds. The molecule has 1 saturated heterocycles. The number of nitrogens with one attached hydrogen (secondary N) is 2. The van der Waals surface area contributed by atoms with Gasteiger partial charge >= 0.3 is 0 Å². The van der Waals surface area contributed by atoms with E-state index in [2.05, 4.69) is 49.6 Å². The van der Waals surface area contributed by atoms with Gasteiger partial charge in [0.1, 0.15) is 5.75 Å². The monoisotopic (exact) mass is 366 g/mol. The van der Waals surface area contributed by atoms with Crippen LogP contribution in [0.4, 0.5) is 0 Å². The number of rotatable bonds is 6. The average molecular weight is 367 g/mol. The van der Waals surface area contributed by atoms with Gasteiger partial charge in [-0.05, 0) is 69.7 Å². The van der Waals surface area contributed by atoms with Gasteiger partial charge in [0.05, 0.1) is 6.10 Å². The highest BCUT2D eigenvalue weighted by atomic mass is 35.5. The Morgan fingerprint density at radius 2 is 2.12 bits per heavy atom. The summed E-state index contributed by atoms with van der Waals surface area (Å²) in [5, 5.41) is 6.53. The van der Waals surface area contributed by atoms with Gasteiger partial charge < -0.3 is 15.4 Å². The Hall–Kier alpha value is -1.26. The van der Waals surface area contributed by atoms with Crippen LogP contribution in [-0.4, -0.2) is 25.1 Å². The fourth-order valence-electron chi connectivity index (χ4n) is 3.72. The van der Waals surface area contributed by atoms with E-state index in [1.165, 1.54) is 5.56 Å². The summed E-state index contributed by atoms with van der Waals surface area (Å²) in [4.78, 5) is 12.5. The van der Waals surface area contributed by atoms with Crippen molar-refractivity contribution in [3.8, 4) is 5.75 Å². The lowest BCUT2D eigenvalue weighted by Crippen LogP contribution is -2.33. The van der Waals surface area contributed by atoms with Gasteiger partial charge in [0, 0.05) is 18.0 Å². The van der Waals surface area contributed by atoms with E-state index in [9.17, 15) is 4.79 Å². The summed E-state index contributed by atoms with van der Waals surface area (Å²) in [6.07, 6.45) is 4.49. The molecule has 0 bridgehead atoms. The molecular formula is C20H31ClN2O2. The Morgan fingerprint density at radius 3 is 2.80 bits per heavy atom. The lowest BCUT2D eigenvalue weighted by atomic mass is 9.92. The first-order valence-electron chi connectivity index (χ1n) is 9.29. The van der Waals surface area contributed by atoms with E-state index >= 15 is 0 Å². The second-order valence-electron chi connectivity index (χ2n) is 7.53. The van der Waals surface area contributed by atoms with Gasteiger partial charge in [-0.3, -0.25) is 4.79 Å². The molecule has 1 spiro atoms. The molecule has 0 aromatic heterocycles. The first-order chi connectivity index (χ1) is 11.5. The van der Waals surface area contributed by atoms with Gasteiger partial charge in [-0.15, -0.1) is 12.4 Å². The van der Waals surface area contributed by atoms with E-state index in [1.807, 2.05) is 0 Å². The van der Waals surface area contributed by atoms with Crippen molar-refractivity contribution >= 4 is 18.3 Å². The molecule has 4 nitrogen and oxygen atoms in total. The number of hydrogen-bond donors (Lipinski definition) is 2. The second-order valence-corrected chi connectivity index (χ2v) is 7.53. The lowest BCUT2D eigenvalue weighted by molar-refractivity contribution is -0.123. The molecular weight excluding hydrogens is 336 g/mol. The van der Waals surface area contributed by atoms with Gasteiger partial charge in [0.2, 0.25) is 5.91 Å². The number of amides is 1. The molecule has 2 atom stereocenters. The van der Waals surface area contributed by atoms with Crippen molar-refractivity contribution in [2.24, 2.45) is 11.3 Å². The summed E-state index contributed by atoms with van der Waals surface area (Å²) >= 11 is 0. The minimum absolute atomic E-state index is 0. The van der Waals surface area contributed by atoms with E-state index in [-0.39, 0.29) is 30.3 Å². The molecule has 2 N–H and O–H groups in total. The zero-order valence-corrected chi connectivity index (χ0v) is 16.4.